The normalized spacial score (nSPS) is 12.4. The monoisotopic (exact) mass is 413 g/mol. The fraction of sp³-hybridized carbons (Fsp3) is 0.300. The van der Waals surface area contributed by atoms with Gasteiger partial charge in [-0.05, 0) is 26.1 Å². The highest BCUT2D eigenvalue weighted by atomic mass is 32.1. The highest BCUT2D eigenvalue weighted by molar-refractivity contribution is 7.18. The van der Waals surface area contributed by atoms with Crippen molar-refractivity contribution in [3.63, 3.8) is 0 Å². The fourth-order valence-corrected chi connectivity index (χ4v) is 4.06. The molecule has 0 N–H and O–H groups in total. The van der Waals surface area contributed by atoms with E-state index in [1.165, 1.54) is 12.2 Å². The molecule has 0 spiro atoms. The molecule has 0 saturated heterocycles. The van der Waals surface area contributed by atoms with Gasteiger partial charge in [0.15, 0.2) is 0 Å². The zero-order chi connectivity index (χ0) is 21.1. The molecule has 0 saturated carbocycles. The van der Waals surface area contributed by atoms with Crippen LogP contribution >= 0.6 is 11.3 Å². The van der Waals surface area contributed by atoms with Crippen molar-refractivity contribution in [3.05, 3.63) is 86.0 Å². The molecule has 0 unspecified atom stereocenters. The van der Waals surface area contributed by atoms with E-state index in [9.17, 15) is 14.4 Å². The number of thiazole rings is 1. The molecule has 0 fully saturated rings. The van der Waals surface area contributed by atoms with E-state index in [1.807, 2.05) is 43.1 Å². The summed E-state index contributed by atoms with van der Waals surface area (Å²) in [6, 6.07) is 7.72. The zero-order valence-corrected chi connectivity index (χ0v) is 17.3. The zero-order valence-electron chi connectivity index (χ0n) is 16.4. The molecule has 0 aliphatic heterocycles. The molecule has 0 amide bonds. The van der Waals surface area contributed by atoms with Crippen molar-refractivity contribution >= 4 is 21.6 Å². The largest absolute Gasteiger partial charge is 0.337 e. The van der Waals surface area contributed by atoms with Gasteiger partial charge >= 0.3 is 17.1 Å². The minimum absolute atomic E-state index is 0.0172. The molecule has 0 aliphatic carbocycles. The Morgan fingerprint density at radius 1 is 1.03 bits per heavy atom. The summed E-state index contributed by atoms with van der Waals surface area (Å²) in [5.41, 5.74) is -1.08. The van der Waals surface area contributed by atoms with Crippen LogP contribution in [0.3, 0.4) is 0 Å². The molecule has 8 nitrogen and oxygen atoms in total. The summed E-state index contributed by atoms with van der Waals surface area (Å²) >= 11 is 1.57. The van der Waals surface area contributed by atoms with Crippen LogP contribution in [0.25, 0.3) is 10.2 Å². The van der Waals surface area contributed by atoms with Crippen molar-refractivity contribution in [3.8, 4) is 0 Å². The van der Waals surface area contributed by atoms with E-state index in [0.29, 0.717) is 0 Å². The molecule has 29 heavy (non-hydrogen) atoms. The van der Waals surface area contributed by atoms with Gasteiger partial charge in [0, 0.05) is 0 Å². The van der Waals surface area contributed by atoms with E-state index < -0.39 is 17.1 Å². The van der Waals surface area contributed by atoms with Crippen molar-refractivity contribution in [1.29, 1.82) is 0 Å². The van der Waals surface area contributed by atoms with E-state index in [-0.39, 0.29) is 25.8 Å². The Balaban J connectivity index is 2.00. The van der Waals surface area contributed by atoms with E-state index >= 15 is 0 Å². The Labute approximate surface area is 171 Å². The van der Waals surface area contributed by atoms with E-state index in [2.05, 4.69) is 18.1 Å². The molecule has 2 heterocycles. The fourth-order valence-electron chi connectivity index (χ4n) is 2.98. The standard InChI is InChI=1S/C20H23N5O3S/c1-5-11-23-18(26)24(12-6-2)20(28)25(19(23)27)13-22(4)14(3)17-21-15-9-7-8-10-16(15)29-17/h5-10,14H,1-2,11-13H2,3-4H3/t14-/m1/s1. The maximum Gasteiger partial charge on any atom is 0.337 e. The third kappa shape index (κ3) is 3.92. The van der Waals surface area contributed by atoms with Gasteiger partial charge in [-0.25, -0.2) is 33.1 Å². The Kier molecular flexibility index (Phi) is 6.09. The van der Waals surface area contributed by atoms with Crippen molar-refractivity contribution in [1.82, 2.24) is 23.6 Å². The predicted octanol–water partition coefficient (Wildman–Crippen LogP) is 1.80. The number of allylic oxidation sites excluding steroid dienone is 2. The van der Waals surface area contributed by atoms with Crippen LogP contribution in [0, 0.1) is 0 Å². The quantitative estimate of drug-likeness (QED) is 0.526. The van der Waals surface area contributed by atoms with Gasteiger partial charge < -0.3 is 0 Å². The third-order valence-electron chi connectivity index (χ3n) is 4.70. The van der Waals surface area contributed by atoms with Gasteiger partial charge in [-0.1, -0.05) is 24.3 Å². The molecule has 0 aliphatic rings. The first-order chi connectivity index (χ1) is 13.9. The highest BCUT2D eigenvalue weighted by Gasteiger charge is 2.20. The molecule has 0 bridgehead atoms. The van der Waals surface area contributed by atoms with Gasteiger partial charge in [-0.3, -0.25) is 4.90 Å². The Bertz CT molecular complexity index is 1150. The second-order valence-corrected chi connectivity index (χ2v) is 7.73. The predicted molar refractivity (Wildman–Crippen MR) is 115 cm³/mol. The lowest BCUT2D eigenvalue weighted by Gasteiger charge is -2.24. The summed E-state index contributed by atoms with van der Waals surface area (Å²) in [5, 5.41) is 0.882. The van der Waals surface area contributed by atoms with Gasteiger partial charge in [0.2, 0.25) is 0 Å². The first-order valence-electron chi connectivity index (χ1n) is 9.11. The van der Waals surface area contributed by atoms with Gasteiger partial charge in [0.05, 0.1) is 36.0 Å². The molecule has 152 valence electrons. The number of benzene rings is 1. The minimum Gasteiger partial charge on any atom is -0.279 e. The minimum atomic E-state index is -0.669. The van der Waals surface area contributed by atoms with Gasteiger partial charge in [-0.15, -0.1) is 24.5 Å². The van der Waals surface area contributed by atoms with Crippen molar-refractivity contribution in [2.24, 2.45) is 0 Å². The molecule has 3 aromatic rings. The number of hydrogen-bond donors (Lipinski definition) is 0. The lowest BCUT2D eigenvalue weighted by molar-refractivity contribution is 0.192. The van der Waals surface area contributed by atoms with Crippen LogP contribution in [-0.2, 0) is 19.8 Å². The maximum atomic E-state index is 12.8. The van der Waals surface area contributed by atoms with Gasteiger partial charge in [0.1, 0.15) is 5.01 Å². The summed E-state index contributed by atoms with van der Waals surface area (Å²) in [7, 11) is 1.81. The Morgan fingerprint density at radius 3 is 2.14 bits per heavy atom. The van der Waals surface area contributed by atoms with Crippen LogP contribution < -0.4 is 17.1 Å². The van der Waals surface area contributed by atoms with Crippen LogP contribution in [0.4, 0.5) is 0 Å². The highest BCUT2D eigenvalue weighted by Crippen LogP contribution is 2.28. The molecule has 3 rings (SSSR count). The van der Waals surface area contributed by atoms with E-state index in [1.54, 1.807) is 11.3 Å². The van der Waals surface area contributed by atoms with Crippen LogP contribution in [0.15, 0.2) is 64.0 Å². The Hall–Kier alpha value is -3.04. The first-order valence-corrected chi connectivity index (χ1v) is 9.92. The van der Waals surface area contributed by atoms with Crippen LogP contribution in [-0.4, -0.2) is 30.6 Å². The SMILES string of the molecule is C=CCn1c(=O)n(CC=C)c(=O)n(CN(C)[C@H](C)c2nc3ccccc3s2)c1=O. The number of aromatic nitrogens is 4. The van der Waals surface area contributed by atoms with E-state index in [4.69, 9.17) is 0 Å². The molecule has 1 atom stereocenters. The van der Waals surface area contributed by atoms with Crippen molar-refractivity contribution in [2.75, 3.05) is 7.05 Å². The molecular formula is C20H23N5O3S. The van der Waals surface area contributed by atoms with E-state index in [0.717, 1.165) is 28.9 Å². The number of para-hydroxylation sites is 1. The van der Waals surface area contributed by atoms with Crippen LogP contribution in [0.2, 0.25) is 0 Å². The van der Waals surface area contributed by atoms with Crippen LogP contribution in [0.1, 0.15) is 18.0 Å². The number of hydrogen-bond acceptors (Lipinski definition) is 6. The number of fused-ring (bicyclic) bond motifs is 1. The second kappa shape index (κ2) is 8.54. The number of rotatable bonds is 8. The summed E-state index contributed by atoms with van der Waals surface area (Å²) in [6.07, 6.45) is 2.90. The van der Waals surface area contributed by atoms with Gasteiger partial charge in [0.25, 0.3) is 0 Å². The lowest BCUT2D eigenvalue weighted by atomic mass is 10.3. The molecular weight excluding hydrogens is 390 g/mol. The smallest absolute Gasteiger partial charge is 0.279 e. The molecule has 0 radical (unpaired) electrons. The summed E-state index contributed by atoms with van der Waals surface area (Å²) in [5.74, 6) is 0. The average molecular weight is 414 g/mol. The number of nitrogens with zero attached hydrogens (tertiary/aromatic N) is 5. The van der Waals surface area contributed by atoms with Gasteiger partial charge in [-0.2, -0.15) is 0 Å². The summed E-state index contributed by atoms with van der Waals surface area (Å²) < 4.78 is 4.12. The lowest BCUT2D eigenvalue weighted by Crippen LogP contribution is -2.55. The third-order valence-corrected chi connectivity index (χ3v) is 5.91. The first kappa shape index (κ1) is 20.7. The average Bonchev–Trinajstić information content (AvgIpc) is 3.15. The summed E-state index contributed by atoms with van der Waals surface area (Å²) in [6.45, 7) is 9.19. The molecule has 2 aromatic heterocycles. The van der Waals surface area contributed by atoms with Crippen LogP contribution in [0.5, 0.6) is 0 Å². The Morgan fingerprint density at radius 2 is 1.59 bits per heavy atom. The molecule has 1 aromatic carbocycles. The van der Waals surface area contributed by atoms with Crippen molar-refractivity contribution in [2.45, 2.75) is 32.7 Å². The second-order valence-electron chi connectivity index (χ2n) is 6.67. The van der Waals surface area contributed by atoms with Crippen molar-refractivity contribution < 1.29 is 0 Å². The maximum absolute atomic E-state index is 12.8. The summed E-state index contributed by atoms with van der Waals surface area (Å²) in [4.78, 5) is 44.6. The molecule has 9 heteroatoms. The topological polar surface area (TPSA) is 82.1 Å².